The molecular formula is C43H16BF20NO2S. The molecule has 0 amide bonds. The van der Waals surface area contributed by atoms with Crippen LogP contribution in [0.1, 0.15) is 20.8 Å². The van der Waals surface area contributed by atoms with Crippen LogP contribution in [-0.4, -0.2) is 23.5 Å². The van der Waals surface area contributed by atoms with E-state index in [1.807, 2.05) is 48.5 Å². The molecule has 354 valence electrons. The summed E-state index contributed by atoms with van der Waals surface area (Å²) in [7, 11) is 0. The predicted molar refractivity (Wildman–Crippen MR) is 202 cm³/mol. The maximum Gasteiger partial charge on any atom is 0.257 e. The molecule has 7 aromatic rings. The molecule has 0 saturated carbocycles. The van der Waals surface area contributed by atoms with Crippen molar-refractivity contribution >= 4 is 63.0 Å². The Morgan fingerprint density at radius 2 is 0.676 bits per heavy atom. The van der Waals surface area contributed by atoms with Gasteiger partial charge in [0.25, 0.3) is 5.69 Å². The molecule has 0 aliphatic rings. The number of rotatable bonds is 9. The monoisotopic (exact) mass is 1000 g/mol. The second kappa shape index (κ2) is 19.0. The highest BCUT2D eigenvalue weighted by Gasteiger charge is 2.52. The molecule has 0 saturated heterocycles. The molecule has 0 N–H and O–H groups in total. The smallest absolute Gasteiger partial charge is 0.257 e. The number of aromatic nitrogens is 1. The van der Waals surface area contributed by atoms with Crippen molar-refractivity contribution in [2.75, 3.05) is 5.75 Å². The molecule has 6 aromatic carbocycles. The molecule has 0 unspecified atom stereocenters. The highest BCUT2D eigenvalue weighted by atomic mass is 32.1. The average molecular weight is 1000 g/mol. The third-order valence-electron chi connectivity index (χ3n) is 10.5. The summed E-state index contributed by atoms with van der Waals surface area (Å²) in [6, 6.07) is 18.7. The molecule has 0 atom stereocenters. The van der Waals surface area contributed by atoms with Gasteiger partial charge < -0.3 is 0 Å². The molecule has 68 heavy (non-hydrogen) atoms. The van der Waals surface area contributed by atoms with E-state index in [0.717, 1.165) is 10.8 Å². The van der Waals surface area contributed by atoms with Crippen molar-refractivity contribution in [3.05, 3.63) is 194 Å². The van der Waals surface area contributed by atoms with Gasteiger partial charge in [-0.25, -0.2) is 87.8 Å². The summed E-state index contributed by atoms with van der Waals surface area (Å²) < 4.78 is 296. The molecule has 1 aromatic heterocycles. The lowest BCUT2D eigenvalue weighted by Gasteiger charge is -2.44. The summed E-state index contributed by atoms with van der Waals surface area (Å²) >= 11 is 4.11. The highest BCUT2D eigenvalue weighted by Crippen LogP contribution is 2.31. The minimum Gasteiger partial charge on any atom is -0.287 e. The molecule has 3 nitrogen and oxygen atoms in total. The Morgan fingerprint density at radius 3 is 1.00 bits per heavy atom. The van der Waals surface area contributed by atoms with Crippen LogP contribution in [0, 0.1) is 116 Å². The number of carbonyl (C=O) groups excluding carboxylic acids is 2. The molecule has 0 radical (unpaired) electrons. The Kier molecular flexibility index (Phi) is 14.1. The lowest BCUT2D eigenvalue weighted by Crippen LogP contribution is -2.81. The van der Waals surface area contributed by atoms with E-state index >= 15 is 35.1 Å². The zero-order valence-electron chi connectivity index (χ0n) is 32.6. The molecule has 0 aliphatic carbocycles. The number of thiol groups is 1. The van der Waals surface area contributed by atoms with Gasteiger partial charge >= 0.3 is 0 Å². The third kappa shape index (κ3) is 7.88. The van der Waals surface area contributed by atoms with Crippen LogP contribution in [0.5, 0.6) is 0 Å². The SMILES string of the molecule is Fc1c(F)c(F)c([B-](c2c(F)c(F)c(F)c(F)c2F)(c2c(F)c(F)c(F)c(F)c2F)c2c(F)c(F)c(F)c(F)c2F)c(F)c1F.O=C(C[n+]1ccc2ccccc2c1C(=O)CS)c1ccccc1. The fourth-order valence-corrected chi connectivity index (χ4v) is 7.67. The van der Waals surface area contributed by atoms with Crippen LogP contribution in [0.3, 0.4) is 0 Å². The Balaban J connectivity index is 0.000000276. The van der Waals surface area contributed by atoms with Crippen LogP contribution >= 0.6 is 12.6 Å². The standard InChI is InChI=1S/C24BF20.C19H15NO2S/c26-5-1(6(27)14(35)21(42)13(5)34)25(2-7(28)15(36)22(43)16(37)8(2)29,3-9(30)17(38)23(44)18(39)10(3)31)4-11(32)19(40)24(45)20(41)12(4)33;21-17(15-7-2-1-3-8-15)12-20-11-10-14-6-4-5-9-16(14)19(20)18(22)13-23/h;1-11H,12-13H2/q-1;/p+1. The number of pyridine rings is 1. The van der Waals surface area contributed by atoms with Crippen molar-refractivity contribution in [1.29, 1.82) is 0 Å². The van der Waals surface area contributed by atoms with E-state index in [1.54, 1.807) is 22.9 Å². The van der Waals surface area contributed by atoms with Gasteiger partial charge in [0.15, 0.2) is 76.0 Å². The molecule has 0 bridgehead atoms. The molecule has 25 heteroatoms. The molecular weight excluding hydrogens is 985 g/mol. The van der Waals surface area contributed by atoms with Gasteiger partial charge in [0.2, 0.25) is 18.1 Å². The molecule has 0 fully saturated rings. The summed E-state index contributed by atoms with van der Waals surface area (Å²) in [6.45, 7) is 0.129. The summed E-state index contributed by atoms with van der Waals surface area (Å²) in [5.41, 5.74) is -13.2. The Morgan fingerprint density at radius 1 is 0.382 bits per heavy atom. The van der Waals surface area contributed by atoms with Crippen molar-refractivity contribution in [3.63, 3.8) is 0 Å². The maximum atomic E-state index is 15.4. The zero-order chi connectivity index (χ0) is 50.6. The largest absolute Gasteiger partial charge is 0.287 e. The number of Topliss-reactive ketones (excluding diaryl/α,β-unsaturated/α-hetero) is 2. The van der Waals surface area contributed by atoms with Gasteiger partial charge in [0.05, 0.1) is 11.1 Å². The van der Waals surface area contributed by atoms with E-state index in [9.17, 15) is 62.3 Å². The molecule has 7 rings (SSSR count). The number of halogens is 20. The van der Waals surface area contributed by atoms with E-state index in [1.165, 1.54) is 0 Å². The van der Waals surface area contributed by atoms with Crippen LogP contribution in [0.25, 0.3) is 10.8 Å². The summed E-state index contributed by atoms with van der Waals surface area (Å²) in [5, 5.41) is 1.82. The van der Waals surface area contributed by atoms with Crippen molar-refractivity contribution in [2.45, 2.75) is 6.54 Å². The van der Waals surface area contributed by atoms with E-state index in [2.05, 4.69) is 12.6 Å². The Bertz CT molecular complexity index is 2860. The van der Waals surface area contributed by atoms with Gasteiger partial charge in [-0.1, -0.05) is 48.5 Å². The summed E-state index contributed by atoms with van der Waals surface area (Å²) in [4.78, 5) is 24.8. The van der Waals surface area contributed by atoms with Gasteiger partial charge in [-0.3, -0.25) is 9.59 Å². The number of carbonyl (C=O) groups is 2. The highest BCUT2D eigenvalue weighted by molar-refractivity contribution is 7.81. The van der Waals surface area contributed by atoms with E-state index in [4.69, 9.17) is 0 Å². The van der Waals surface area contributed by atoms with Gasteiger partial charge in [-0.05, 0) is 11.5 Å². The minimum absolute atomic E-state index is 0.0286. The topological polar surface area (TPSA) is 38.0 Å². The maximum absolute atomic E-state index is 15.4. The first-order valence-electron chi connectivity index (χ1n) is 18.3. The van der Waals surface area contributed by atoms with Gasteiger partial charge in [-0.2, -0.15) is 17.2 Å². The van der Waals surface area contributed by atoms with Crippen molar-refractivity contribution in [3.8, 4) is 0 Å². The van der Waals surface area contributed by atoms with E-state index in [-0.39, 0.29) is 23.9 Å². The average Bonchev–Trinajstić information content (AvgIpc) is 3.33. The van der Waals surface area contributed by atoms with Crippen LogP contribution in [0.15, 0.2) is 66.9 Å². The van der Waals surface area contributed by atoms with Crippen molar-refractivity contribution in [1.82, 2.24) is 0 Å². The Hall–Kier alpha value is -6.92. The van der Waals surface area contributed by atoms with Crippen LogP contribution < -0.4 is 26.4 Å². The second-order valence-electron chi connectivity index (χ2n) is 14.1. The lowest BCUT2D eigenvalue weighted by atomic mass is 9.12. The number of nitrogens with zero attached hydrogens (tertiary/aromatic N) is 1. The van der Waals surface area contributed by atoms with Gasteiger partial charge in [0, 0.05) is 11.6 Å². The molecule has 0 spiro atoms. The first-order valence-corrected chi connectivity index (χ1v) is 18.9. The fourth-order valence-electron chi connectivity index (χ4n) is 7.52. The van der Waals surface area contributed by atoms with Gasteiger partial charge in [0.1, 0.15) is 52.7 Å². The quantitative estimate of drug-likeness (QED) is 0.0299. The van der Waals surface area contributed by atoms with Crippen molar-refractivity contribution in [2.24, 2.45) is 0 Å². The minimum atomic E-state index is -7.22. The molecule has 0 aliphatic heterocycles. The normalized spacial score (nSPS) is 11.5. The Labute approximate surface area is 371 Å². The molecule has 1 heterocycles. The summed E-state index contributed by atoms with van der Waals surface area (Å²) in [5.74, 6) is -71.4. The second-order valence-corrected chi connectivity index (χ2v) is 14.4. The van der Waals surface area contributed by atoms with Crippen LogP contribution in [0.4, 0.5) is 87.8 Å². The number of ketones is 2. The zero-order valence-corrected chi connectivity index (χ0v) is 33.5. The van der Waals surface area contributed by atoms with Crippen LogP contribution in [-0.2, 0) is 6.54 Å². The number of benzene rings is 6. The van der Waals surface area contributed by atoms with E-state index in [0.29, 0.717) is 11.3 Å². The van der Waals surface area contributed by atoms with Gasteiger partial charge in [-0.15, -0.1) is 21.9 Å². The number of hydrogen-bond donors (Lipinski definition) is 1. The number of hydrogen-bond acceptors (Lipinski definition) is 3. The first kappa shape index (κ1) is 50.5. The lowest BCUT2D eigenvalue weighted by molar-refractivity contribution is -0.683. The number of fused-ring (bicyclic) bond motifs is 1. The van der Waals surface area contributed by atoms with Crippen molar-refractivity contribution < 1.29 is 102 Å². The van der Waals surface area contributed by atoms with E-state index < -0.39 is 144 Å². The third-order valence-corrected chi connectivity index (χ3v) is 10.7. The fraction of sp³-hybridized carbons (Fsp3) is 0.0465. The first-order chi connectivity index (χ1) is 31.9. The summed E-state index contributed by atoms with van der Waals surface area (Å²) in [6.07, 6.45) is -5.43. The predicted octanol–water partition coefficient (Wildman–Crippen LogP) is 8.97. The van der Waals surface area contributed by atoms with Crippen LogP contribution in [0.2, 0.25) is 0 Å².